The first-order valence-corrected chi connectivity index (χ1v) is 6.84. The molecule has 0 aromatic carbocycles. The lowest BCUT2D eigenvalue weighted by molar-refractivity contribution is -0.139. The third kappa shape index (κ3) is 3.69. The Morgan fingerprint density at radius 1 is 0.842 bits per heavy atom. The summed E-state index contributed by atoms with van der Waals surface area (Å²) < 4.78 is 10.3. The van der Waals surface area contributed by atoms with Crippen molar-refractivity contribution in [2.45, 2.75) is 57.2 Å². The molecule has 4 heteroatoms. The molecule has 0 saturated carbocycles. The second kappa shape index (κ2) is 6.04. The molecular formula is C15H20O4. The van der Waals surface area contributed by atoms with Crippen molar-refractivity contribution in [1.82, 2.24) is 0 Å². The Kier molecular flexibility index (Phi) is 4.40. The van der Waals surface area contributed by atoms with Gasteiger partial charge in [-0.2, -0.15) is 0 Å². The molecule has 0 amide bonds. The molecule has 2 aliphatic rings. The van der Waals surface area contributed by atoms with E-state index in [9.17, 15) is 9.59 Å². The summed E-state index contributed by atoms with van der Waals surface area (Å²) in [6.45, 7) is 7.33. The molecule has 104 valence electrons. The van der Waals surface area contributed by atoms with Crippen molar-refractivity contribution >= 4 is 11.9 Å². The standard InChI is InChI=1S/C15H20O4/c1-10-8-12(18-14(10)16)6-4-3-5-7-13-9-11(2)15(17)19-13/h12-13H,1-9H2/t12-,13-/m0/s1. The first-order chi connectivity index (χ1) is 9.06. The van der Waals surface area contributed by atoms with Crippen LogP contribution in [0.5, 0.6) is 0 Å². The number of hydrogen-bond donors (Lipinski definition) is 0. The minimum absolute atomic E-state index is 0.0177. The number of esters is 2. The molecule has 2 aliphatic heterocycles. The molecule has 0 aromatic heterocycles. The van der Waals surface area contributed by atoms with Gasteiger partial charge in [0.1, 0.15) is 12.2 Å². The van der Waals surface area contributed by atoms with Gasteiger partial charge in [0.05, 0.1) is 0 Å². The Labute approximate surface area is 113 Å². The average Bonchev–Trinajstić information content (AvgIpc) is 2.83. The Morgan fingerprint density at radius 3 is 1.58 bits per heavy atom. The smallest absolute Gasteiger partial charge is 0.333 e. The molecule has 19 heavy (non-hydrogen) atoms. The Bertz CT molecular complexity index is 340. The zero-order valence-corrected chi connectivity index (χ0v) is 11.2. The van der Waals surface area contributed by atoms with E-state index >= 15 is 0 Å². The second-order valence-corrected chi connectivity index (χ2v) is 5.31. The zero-order valence-electron chi connectivity index (χ0n) is 11.2. The van der Waals surface area contributed by atoms with Crippen LogP contribution in [-0.2, 0) is 19.1 Å². The van der Waals surface area contributed by atoms with Crippen LogP contribution in [0.3, 0.4) is 0 Å². The van der Waals surface area contributed by atoms with Crippen LogP contribution >= 0.6 is 0 Å². The second-order valence-electron chi connectivity index (χ2n) is 5.31. The van der Waals surface area contributed by atoms with Crippen molar-refractivity contribution in [3.05, 3.63) is 24.3 Å². The minimum Gasteiger partial charge on any atom is -0.459 e. The zero-order chi connectivity index (χ0) is 13.8. The normalized spacial score (nSPS) is 26.7. The molecule has 0 radical (unpaired) electrons. The molecule has 0 aliphatic carbocycles. The van der Waals surface area contributed by atoms with Crippen LogP contribution < -0.4 is 0 Å². The summed E-state index contributed by atoms with van der Waals surface area (Å²) in [4.78, 5) is 22.3. The molecule has 0 aromatic rings. The predicted molar refractivity (Wildman–Crippen MR) is 70.4 cm³/mol. The van der Waals surface area contributed by atoms with E-state index in [4.69, 9.17) is 9.47 Å². The predicted octanol–water partition coefficient (Wildman–Crippen LogP) is 2.68. The third-order valence-electron chi connectivity index (χ3n) is 3.63. The van der Waals surface area contributed by atoms with E-state index in [2.05, 4.69) is 13.2 Å². The highest BCUT2D eigenvalue weighted by molar-refractivity contribution is 5.90. The summed E-state index contributed by atoms with van der Waals surface area (Å²) in [5.41, 5.74) is 1.17. The van der Waals surface area contributed by atoms with E-state index in [0.717, 1.165) is 32.1 Å². The number of ether oxygens (including phenoxy) is 2. The van der Waals surface area contributed by atoms with Crippen molar-refractivity contribution in [2.75, 3.05) is 0 Å². The SMILES string of the molecule is C=C1C[C@H](CCCCC[C@H]2CC(=C)C(=O)O2)OC1=O. The van der Waals surface area contributed by atoms with E-state index in [1.807, 2.05) is 0 Å². The topological polar surface area (TPSA) is 52.6 Å². The first-order valence-electron chi connectivity index (χ1n) is 6.84. The molecule has 2 atom stereocenters. The summed E-state index contributed by atoms with van der Waals surface area (Å²) in [5, 5.41) is 0. The molecule has 0 spiro atoms. The van der Waals surface area contributed by atoms with Gasteiger partial charge >= 0.3 is 11.9 Å². The van der Waals surface area contributed by atoms with Gasteiger partial charge in [-0.3, -0.25) is 0 Å². The molecule has 0 bridgehead atoms. The van der Waals surface area contributed by atoms with Crippen LogP contribution in [0.2, 0.25) is 0 Å². The van der Waals surface area contributed by atoms with Crippen LogP contribution in [0.15, 0.2) is 24.3 Å². The molecule has 2 saturated heterocycles. The van der Waals surface area contributed by atoms with Gasteiger partial charge in [0, 0.05) is 24.0 Å². The maximum atomic E-state index is 11.1. The third-order valence-corrected chi connectivity index (χ3v) is 3.63. The number of unbranched alkanes of at least 4 members (excludes halogenated alkanes) is 2. The van der Waals surface area contributed by atoms with Crippen LogP contribution in [-0.4, -0.2) is 24.1 Å². The molecule has 2 fully saturated rings. The Balaban J connectivity index is 1.53. The maximum Gasteiger partial charge on any atom is 0.333 e. The van der Waals surface area contributed by atoms with Gasteiger partial charge in [0.15, 0.2) is 0 Å². The fraction of sp³-hybridized carbons (Fsp3) is 0.600. The van der Waals surface area contributed by atoms with E-state index < -0.39 is 0 Å². The minimum atomic E-state index is -0.249. The highest BCUT2D eigenvalue weighted by Gasteiger charge is 2.27. The van der Waals surface area contributed by atoms with Gasteiger partial charge in [0.25, 0.3) is 0 Å². The number of carbonyl (C=O) groups is 2. The van der Waals surface area contributed by atoms with Crippen molar-refractivity contribution in [2.24, 2.45) is 0 Å². The lowest BCUT2D eigenvalue weighted by atomic mass is 10.0. The fourth-order valence-electron chi connectivity index (χ4n) is 2.51. The number of rotatable bonds is 6. The van der Waals surface area contributed by atoms with Gasteiger partial charge in [-0.05, 0) is 25.7 Å². The van der Waals surface area contributed by atoms with Gasteiger partial charge in [0.2, 0.25) is 0 Å². The molecule has 2 rings (SSSR count). The summed E-state index contributed by atoms with van der Waals surface area (Å²) >= 11 is 0. The quantitative estimate of drug-likeness (QED) is 0.420. The largest absolute Gasteiger partial charge is 0.459 e. The number of hydrogen-bond acceptors (Lipinski definition) is 4. The average molecular weight is 264 g/mol. The maximum absolute atomic E-state index is 11.1. The van der Waals surface area contributed by atoms with Crippen LogP contribution in [0.25, 0.3) is 0 Å². The monoisotopic (exact) mass is 264 g/mol. The lowest BCUT2D eigenvalue weighted by Gasteiger charge is -2.10. The van der Waals surface area contributed by atoms with E-state index in [-0.39, 0.29) is 24.1 Å². The summed E-state index contributed by atoms with van der Waals surface area (Å²) in [7, 11) is 0. The van der Waals surface area contributed by atoms with E-state index in [1.165, 1.54) is 0 Å². The summed E-state index contributed by atoms with van der Waals surface area (Å²) in [6.07, 6.45) is 6.25. The Morgan fingerprint density at radius 2 is 1.26 bits per heavy atom. The van der Waals surface area contributed by atoms with Crippen molar-refractivity contribution in [3.8, 4) is 0 Å². The number of carbonyl (C=O) groups excluding carboxylic acids is 2. The van der Waals surface area contributed by atoms with Crippen LogP contribution in [0.1, 0.15) is 44.9 Å². The highest BCUT2D eigenvalue weighted by atomic mass is 16.6. The van der Waals surface area contributed by atoms with E-state index in [0.29, 0.717) is 24.0 Å². The summed E-state index contributed by atoms with van der Waals surface area (Å²) in [6, 6.07) is 0. The van der Waals surface area contributed by atoms with Gasteiger partial charge < -0.3 is 9.47 Å². The fourth-order valence-corrected chi connectivity index (χ4v) is 2.51. The lowest BCUT2D eigenvalue weighted by Crippen LogP contribution is -2.08. The van der Waals surface area contributed by atoms with Crippen LogP contribution in [0, 0.1) is 0 Å². The van der Waals surface area contributed by atoms with Crippen LogP contribution in [0.4, 0.5) is 0 Å². The van der Waals surface area contributed by atoms with Crippen molar-refractivity contribution in [1.29, 1.82) is 0 Å². The van der Waals surface area contributed by atoms with Gasteiger partial charge in [-0.25, -0.2) is 9.59 Å². The summed E-state index contributed by atoms with van der Waals surface area (Å²) in [5.74, 6) is -0.497. The van der Waals surface area contributed by atoms with E-state index in [1.54, 1.807) is 0 Å². The van der Waals surface area contributed by atoms with Crippen molar-refractivity contribution < 1.29 is 19.1 Å². The van der Waals surface area contributed by atoms with Gasteiger partial charge in [-0.1, -0.05) is 19.6 Å². The number of cyclic esters (lactones) is 2. The molecule has 0 N–H and O–H groups in total. The van der Waals surface area contributed by atoms with Gasteiger partial charge in [-0.15, -0.1) is 0 Å². The first kappa shape index (κ1) is 13.8. The molecular weight excluding hydrogens is 244 g/mol. The van der Waals surface area contributed by atoms with Crippen molar-refractivity contribution in [3.63, 3.8) is 0 Å². The Hall–Kier alpha value is -1.58. The molecule has 4 nitrogen and oxygen atoms in total. The highest BCUT2D eigenvalue weighted by Crippen LogP contribution is 2.25. The molecule has 2 heterocycles. The molecule has 0 unspecified atom stereocenters.